The molecule has 144 valence electrons. The van der Waals surface area contributed by atoms with E-state index < -0.39 is 14.0 Å². The number of carbonyl (C=O) groups excluding carboxylic acids is 1. The zero-order valence-corrected chi connectivity index (χ0v) is 16.6. The van der Waals surface area contributed by atoms with Gasteiger partial charge in [-0.2, -0.15) is 0 Å². The molecule has 0 aliphatic rings. The number of nitrogens with zero attached hydrogens (tertiary/aromatic N) is 2. The molecule has 1 amide bonds. The van der Waals surface area contributed by atoms with E-state index in [4.69, 9.17) is 10.7 Å². The van der Waals surface area contributed by atoms with Crippen LogP contribution in [0.3, 0.4) is 0 Å². The first-order valence-electron chi connectivity index (χ1n) is 7.72. The average Bonchev–Trinajstić information content (AvgIpc) is 3.10. The van der Waals surface area contributed by atoms with E-state index in [9.17, 15) is 23.3 Å². The van der Waals surface area contributed by atoms with Crippen LogP contribution in [0.1, 0.15) is 6.92 Å². The van der Waals surface area contributed by atoms with E-state index in [1.54, 1.807) is 18.2 Å². The first kappa shape index (κ1) is 19.9. The molecule has 3 aromatic rings. The number of thiazole rings is 1. The number of hydrogen-bond acceptors (Lipinski definition) is 7. The van der Waals surface area contributed by atoms with Crippen LogP contribution in [0.15, 0.2) is 53.6 Å². The lowest BCUT2D eigenvalue weighted by molar-refractivity contribution is -0.384. The molecule has 0 fully saturated rings. The number of rotatable bonds is 5. The standard InChI is InChI=1S/C17H12ClN3O5S2/c1-10(22)20-12-4-7-14(16(8-12)28(18,25)26)15-9-19-17(27-15)11-2-5-13(6-3-11)21(23)24/h2-9H,1H3,(H,20,22). The van der Waals surface area contributed by atoms with Crippen LogP contribution in [-0.4, -0.2) is 24.2 Å². The van der Waals surface area contributed by atoms with Gasteiger partial charge in [-0.3, -0.25) is 14.9 Å². The third kappa shape index (κ3) is 4.35. The maximum atomic E-state index is 12.0. The summed E-state index contributed by atoms with van der Waals surface area (Å²) in [5, 5.41) is 13.8. The van der Waals surface area contributed by atoms with E-state index in [0.717, 1.165) is 0 Å². The lowest BCUT2D eigenvalue weighted by Crippen LogP contribution is -2.06. The van der Waals surface area contributed by atoms with Gasteiger partial charge in [-0.05, 0) is 24.3 Å². The molecule has 1 heterocycles. The Morgan fingerprint density at radius 3 is 2.46 bits per heavy atom. The summed E-state index contributed by atoms with van der Waals surface area (Å²) >= 11 is 1.21. The van der Waals surface area contributed by atoms with E-state index in [-0.39, 0.29) is 16.5 Å². The van der Waals surface area contributed by atoms with Crippen LogP contribution in [0.25, 0.3) is 21.0 Å². The lowest BCUT2D eigenvalue weighted by Gasteiger charge is -2.08. The van der Waals surface area contributed by atoms with Crippen molar-refractivity contribution in [3.63, 3.8) is 0 Å². The van der Waals surface area contributed by atoms with Gasteiger partial charge in [0.1, 0.15) is 5.01 Å². The highest BCUT2D eigenvalue weighted by Crippen LogP contribution is 2.38. The van der Waals surface area contributed by atoms with Crippen molar-refractivity contribution >= 4 is 48.4 Å². The van der Waals surface area contributed by atoms with Gasteiger partial charge >= 0.3 is 0 Å². The van der Waals surface area contributed by atoms with Gasteiger partial charge in [0.25, 0.3) is 14.7 Å². The van der Waals surface area contributed by atoms with Crippen molar-refractivity contribution in [2.45, 2.75) is 11.8 Å². The highest BCUT2D eigenvalue weighted by Gasteiger charge is 2.20. The number of benzene rings is 2. The summed E-state index contributed by atoms with van der Waals surface area (Å²) in [5.74, 6) is -0.344. The molecule has 11 heteroatoms. The predicted octanol–water partition coefficient (Wildman–Crippen LogP) is 4.27. The molecule has 2 aromatic carbocycles. The van der Waals surface area contributed by atoms with E-state index >= 15 is 0 Å². The molecule has 3 rings (SSSR count). The Bertz CT molecular complexity index is 1170. The van der Waals surface area contributed by atoms with Crippen LogP contribution in [-0.2, 0) is 13.8 Å². The Kier molecular flexibility index (Phi) is 5.45. The van der Waals surface area contributed by atoms with E-state index in [1.807, 2.05) is 0 Å². The SMILES string of the molecule is CC(=O)Nc1ccc(-c2cnc(-c3ccc([N+](=O)[O-])cc3)s2)c(S(=O)(=O)Cl)c1. The molecule has 1 N–H and O–H groups in total. The van der Waals surface area contributed by atoms with Crippen LogP contribution >= 0.6 is 22.0 Å². The van der Waals surface area contributed by atoms with Gasteiger partial charge in [0.05, 0.1) is 14.7 Å². The van der Waals surface area contributed by atoms with Gasteiger partial charge < -0.3 is 5.32 Å². The molecule has 0 spiro atoms. The van der Waals surface area contributed by atoms with Crippen LogP contribution in [0.4, 0.5) is 11.4 Å². The summed E-state index contributed by atoms with van der Waals surface area (Å²) in [6.45, 7) is 1.31. The zero-order chi connectivity index (χ0) is 20.5. The first-order chi connectivity index (χ1) is 13.1. The Hall–Kier alpha value is -2.82. The van der Waals surface area contributed by atoms with Gasteiger partial charge in [0.2, 0.25) is 5.91 Å². The zero-order valence-electron chi connectivity index (χ0n) is 14.2. The number of halogens is 1. The van der Waals surface area contributed by atoms with Crippen molar-refractivity contribution in [2.24, 2.45) is 0 Å². The number of nitro groups is 1. The highest BCUT2D eigenvalue weighted by atomic mass is 35.7. The maximum absolute atomic E-state index is 12.0. The second-order valence-corrected chi connectivity index (χ2v) is 9.23. The molecule has 0 bridgehead atoms. The quantitative estimate of drug-likeness (QED) is 0.361. The molecule has 0 saturated carbocycles. The number of nitrogens with one attached hydrogen (secondary N) is 1. The van der Waals surface area contributed by atoms with Gasteiger partial charge in [0.15, 0.2) is 0 Å². The molecular weight excluding hydrogens is 426 g/mol. The molecule has 8 nitrogen and oxygen atoms in total. The van der Waals surface area contributed by atoms with Crippen LogP contribution in [0.2, 0.25) is 0 Å². The third-order valence-electron chi connectivity index (χ3n) is 3.66. The summed E-state index contributed by atoms with van der Waals surface area (Å²) in [7, 11) is 1.49. The number of hydrogen-bond donors (Lipinski definition) is 1. The Balaban J connectivity index is 2.02. The molecule has 0 aliphatic carbocycles. The molecule has 0 atom stereocenters. The summed E-state index contributed by atoms with van der Waals surface area (Å²) in [5.41, 5.74) is 1.27. The summed E-state index contributed by atoms with van der Waals surface area (Å²) < 4.78 is 24.0. The average molecular weight is 438 g/mol. The number of aromatic nitrogens is 1. The van der Waals surface area contributed by atoms with Gasteiger partial charge in [-0.15, -0.1) is 11.3 Å². The monoisotopic (exact) mass is 437 g/mol. The van der Waals surface area contributed by atoms with Gasteiger partial charge in [-0.25, -0.2) is 13.4 Å². The Labute approximate surface area is 168 Å². The molecule has 0 radical (unpaired) electrons. The van der Waals surface area contributed by atoms with Crippen molar-refractivity contribution in [1.82, 2.24) is 4.98 Å². The van der Waals surface area contributed by atoms with Gasteiger partial charge in [-0.1, -0.05) is 6.07 Å². The summed E-state index contributed by atoms with van der Waals surface area (Å²) in [6.07, 6.45) is 1.50. The van der Waals surface area contributed by atoms with Gasteiger partial charge in [0, 0.05) is 52.7 Å². The van der Waals surface area contributed by atoms with Crippen molar-refractivity contribution in [1.29, 1.82) is 0 Å². The highest BCUT2D eigenvalue weighted by molar-refractivity contribution is 8.13. The minimum absolute atomic E-state index is 0.0374. The van der Waals surface area contributed by atoms with E-state index in [1.165, 1.54) is 48.7 Å². The van der Waals surface area contributed by atoms with Crippen LogP contribution in [0, 0.1) is 10.1 Å². The first-order valence-corrected chi connectivity index (χ1v) is 10.8. The molecular formula is C17H12ClN3O5S2. The smallest absolute Gasteiger partial charge is 0.269 e. The minimum atomic E-state index is -4.09. The Morgan fingerprint density at radius 1 is 1.21 bits per heavy atom. The fourth-order valence-electron chi connectivity index (χ4n) is 2.47. The number of amides is 1. The Morgan fingerprint density at radius 2 is 1.89 bits per heavy atom. The predicted molar refractivity (Wildman–Crippen MR) is 107 cm³/mol. The molecule has 28 heavy (non-hydrogen) atoms. The maximum Gasteiger partial charge on any atom is 0.269 e. The van der Waals surface area contributed by atoms with E-state index in [2.05, 4.69) is 10.3 Å². The fourth-order valence-corrected chi connectivity index (χ4v) is 4.58. The minimum Gasteiger partial charge on any atom is -0.326 e. The normalized spacial score (nSPS) is 11.2. The van der Waals surface area contributed by atoms with Crippen molar-refractivity contribution in [3.8, 4) is 21.0 Å². The summed E-state index contributed by atoms with van der Waals surface area (Å²) in [4.78, 5) is 26.1. The second-order valence-electron chi connectivity index (χ2n) is 5.66. The van der Waals surface area contributed by atoms with E-state index in [0.29, 0.717) is 26.7 Å². The van der Waals surface area contributed by atoms with Crippen molar-refractivity contribution in [3.05, 3.63) is 58.8 Å². The largest absolute Gasteiger partial charge is 0.326 e. The fraction of sp³-hybridized carbons (Fsp3) is 0.0588. The second kappa shape index (κ2) is 7.66. The van der Waals surface area contributed by atoms with Crippen molar-refractivity contribution < 1.29 is 18.1 Å². The number of nitro benzene ring substituents is 1. The number of carbonyl (C=O) groups is 1. The number of anilines is 1. The molecule has 0 aliphatic heterocycles. The summed E-state index contributed by atoms with van der Waals surface area (Å²) in [6, 6.07) is 10.3. The van der Waals surface area contributed by atoms with Crippen LogP contribution < -0.4 is 5.32 Å². The lowest BCUT2D eigenvalue weighted by atomic mass is 10.2. The van der Waals surface area contributed by atoms with Crippen molar-refractivity contribution in [2.75, 3.05) is 5.32 Å². The topological polar surface area (TPSA) is 119 Å². The molecule has 0 unspecified atom stereocenters. The van der Waals surface area contributed by atoms with Crippen LogP contribution in [0.5, 0.6) is 0 Å². The molecule has 1 aromatic heterocycles. The number of non-ortho nitro benzene ring substituents is 1. The molecule has 0 saturated heterocycles. The third-order valence-corrected chi connectivity index (χ3v) is 6.10.